The standard InChI is InChI=1S/C16H19N3O/c1-10-15(11(2)19-18-10)16(20)17-14-8-7-12-5-3-4-6-13(12)9-14/h3-6,14H,7-9H2,1-2H3,(H,17,20)(H,18,19)/t14-/m1/s1. The second-order valence-electron chi connectivity index (χ2n) is 5.49. The maximum absolute atomic E-state index is 12.4. The number of aromatic nitrogens is 2. The average molecular weight is 269 g/mol. The third-order valence-corrected chi connectivity index (χ3v) is 4.04. The van der Waals surface area contributed by atoms with E-state index in [0.717, 1.165) is 30.7 Å². The Labute approximate surface area is 118 Å². The predicted molar refractivity (Wildman–Crippen MR) is 77.8 cm³/mol. The third-order valence-electron chi connectivity index (χ3n) is 4.04. The second kappa shape index (κ2) is 5.12. The molecular formula is C16H19N3O. The number of nitrogens with one attached hydrogen (secondary N) is 2. The first kappa shape index (κ1) is 12.9. The van der Waals surface area contributed by atoms with Crippen LogP contribution < -0.4 is 5.32 Å². The van der Waals surface area contributed by atoms with Gasteiger partial charge in [-0.05, 0) is 44.2 Å². The molecule has 0 radical (unpaired) electrons. The molecular weight excluding hydrogens is 250 g/mol. The van der Waals surface area contributed by atoms with Crippen molar-refractivity contribution < 1.29 is 4.79 Å². The largest absolute Gasteiger partial charge is 0.349 e. The number of nitrogens with zero attached hydrogens (tertiary/aromatic N) is 1. The molecule has 1 aromatic heterocycles. The van der Waals surface area contributed by atoms with Crippen LogP contribution in [-0.4, -0.2) is 22.1 Å². The fourth-order valence-corrected chi connectivity index (χ4v) is 2.96. The van der Waals surface area contributed by atoms with Gasteiger partial charge in [0.05, 0.1) is 11.3 Å². The first-order chi connectivity index (χ1) is 9.65. The van der Waals surface area contributed by atoms with Crippen LogP contribution in [0, 0.1) is 13.8 Å². The summed E-state index contributed by atoms with van der Waals surface area (Å²) in [6.45, 7) is 3.74. The Morgan fingerprint density at radius 3 is 2.75 bits per heavy atom. The highest BCUT2D eigenvalue weighted by molar-refractivity contribution is 5.96. The lowest BCUT2D eigenvalue weighted by molar-refractivity contribution is 0.0932. The van der Waals surface area contributed by atoms with Crippen molar-refractivity contribution in [2.24, 2.45) is 0 Å². The number of fused-ring (bicyclic) bond motifs is 1. The van der Waals surface area contributed by atoms with E-state index in [-0.39, 0.29) is 11.9 Å². The van der Waals surface area contributed by atoms with Crippen molar-refractivity contribution in [1.29, 1.82) is 0 Å². The Balaban J connectivity index is 1.73. The quantitative estimate of drug-likeness (QED) is 0.879. The van der Waals surface area contributed by atoms with Gasteiger partial charge in [-0.25, -0.2) is 0 Å². The van der Waals surface area contributed by atoms with Crippen molar-refractivity contribution in [1.82, 2.24) is 15.5 Å². The molecule has 0 fully saturated rings. The zero-order chi connectivity index (χ0) is 14.1. The smallest absolute Gasteiger partial charge is 0.255 e. The van der Waals surface area contributed by atoms with Gasteiger partial charge in [-0.1, -0.05) is 24.3 Å². The van der Waals surface area contributed by atoms with Crippen LogP contribution in [0.1, 0.15) is 39.3 Å². The molecule has 4 nitrogen and oxygen atoms in total. The first-order valence-electron chi connectivity index (χ1n) is 7.04. The third kappa shape index (κ3) is 2.33. The van der Waals surface area contributed by atoms with E-state index in [9.17, 15) is 4.79 Å². The van der Waals surface area contributed by atoms with E-state index in [1.54, 1.807) is 0 Å². The number of rotatable bonds is 2. The van der Waals surface area contributed by atoms with E-state index in [4.69, 9.17) is 0 Å². The summed E-state index contributed by atoms with van der Waals surface area (Å²) >= 11 is 0. The number of H-pyrrole nitrogens is 1. The summed E-state index contributed by atoms with van der Waals surface area (Å²) in [7, 11) is 0. The van der Waals surface area contributed by atoms with Crippen molar-refractivity contribution in [2.75, 3.05) is 0 Å². The van der Waals surface area contributed by atoms with Crippen LogP contribution in [-0.2, 0) is 12.8 Å². The molecule has 1 amide bonds. The molecule has 1 atom stereocenters. The molecule has 0 spiro atoms. The number of carbonyl (C=O) groups is 1. The second-order valence-corrected chi connectivity index (χ2v) is 5.49. The summed E-state index contributed by atoms with van der Waals surface area (Å²) in [5.41, 5.74) is 5.04. The van der Waals surface area contributed by atoms with E-state index in [1.165, 1.54) is 11.1 Å². The topological polar surface area (TPSA) is 57.8 Å². The molecule has 2 N–H and O–H groups in total. The number of hydrogen-bond donors (Lipinski definition) is 2. The van der Waals surface area contributed by atoms with E-state index in [0.29, 0.717) is 5.56 Å². The van der Waals surface area contributed by atoms with Crippen LogP contribution in [0.3, 0.4) is 0 Å². The number of aromatic amines is 1. The summed E-state index contributed by atoms with van der Waals surface area (Å²) in [5, 5.41) is 10.1. The van der Waals surface area contributed by atoms with Gasteiger partial charge in [0.1, 0.15) is 0 Å². The number of amides is 1. The molecule has 3 rings (SSSR count). The van der Waals surface area contributed by atoms with Gasteiger partial charge in [-0.15, -0.1) is 0 Å². The highest BCUT2D eigenvalue weighted by Gasteiger charge is 2.22. The highest BCUT2D eigenvalue weighted by atomic mass is 16.1. The number of hydrogen-bond acceptors (Lipinski definition) is 2. The van der Waals surface area contributed by atoms with Gasteiger partial charge < -0.3 is 5.32 Å². The lowest BCUT2D eigenvalue weighted by Gasteiger charge is -2.25. The van der Waals surface area contributed by atoms with Crippen LogP contribution >= 0.6 is 0 Å². The van der Waals surface area contributed by atoms with Gasteiger partial charge in [0, 0.05) is 11.7 Å². The van der Waals surface area contributed by atoms with Gasteiger partial charge in [-0.3, -0.25) is 9.89 Å². The van der Waals surface area contributed by atoms with Gasteiger partial charge >= 0.3 is 0 Å². The monoisotopic (exact) mass is 269 g/mol. The molecule has 1 aliphatic carbocycles. The summed E-state index contributed by atoms with van der Waals surface area (Å²) in [6, 6.07) is 8.69. The predicted octanol–water partition coefficient (Wildman–Crippen LogP) is 2.31. The van der Waals surface area contributed by atoms with Gasteiger partial charge in [0.15, 0.2) is 0 Å². The van der Waals surface area contributed by atoms with Crippen LogP contribution in [0.4, 0.5) is 0 Å². The summed E-state index contributed by atoms with van der Waals surface area (Å²) in [5.74, 6) is -0.0156. The maximum Gasteiger partial charge on any atom is 0.255 e. The molecule has 2 aromatic rings. The zero-order valence-corrected chi connectivity index (χ0v) is 11.9. The zero-order valence-electron chi connectivity index (χ0n) is 11.9. The Morgan fingerprint density at radius 1 is 1.30 bits per heavy atom. The number of carbonyl (C=O) groups excluding carboxylic acids is 1. The van der Waals surface area contributed by atoms with E-state index in [1.807, 2.05) is 13.8 Å². The minimum Gasteiger partial charge on any atom is -0.349 e. The van der Waals surface area contributed by atoms with Gasteiger partial charge in [-0.2, -0.15) is 5.10 Å². The Bertz CT molecular complexity index is 625. The molecule has 0 aliphatic heterocycles. The van der Waals surface area contributed by atoms with Crippen molar-refractivity contribution in [2.45, 2.75) is 39.2 Å². The fourth-order valence-electron chi connectivity index (χ4n) is 2.96. The molecule has 104 valence electrons. The Kier molecular flexibility index (Phi) is 3.30. The molecule has 0 bridgehead atoms. The molecule has 0 unspecified atom stereocenters. The van der Waals surface area contributed by atoms with Crippen LogP contribution in [0.25, 0.3) is 0 Å². The van der Waals surface area contributed by atoms with Gasteiger partial charge in [0.2, 0.25) is 0 Å². The molecule has 20 heavy (non-hydrogen) atoms. The molecule has 4 heteroatoms. The van der Waals surface area contributed by atoms with Crippen LogP contribution in [0.15, 0.2) is 24.3 Å². The summed E-state index contributed by atoms with van der Waals surface area (Å²) < 4.78 is 0. The van der Waals surface area contributed by atoms with Crippen LogP contribution in [0.2, 0.25) is 0 Å². The van der Waals surface area contributed by atoms with Crippen molar-refractivity contribution in [3.05, 3.63) is 52.3 Å². The molecule has 1 aromatic carbocycles. The van der Waals surface area contributed by atoms with Crippen molar-refractivity contribution >= 4 is 5.91 Å². The lowest BCUT2D eigenvalue weighted by atomic mass is 9.88. The SMILES string of the molecule is Cc1n[nH]c(C)c1C(=O)N[C@@H]1CCc2ccccc2C1. The number of aryl methyl sites for hydroxylation is 3. The molecule has 1 aliphatic rings. The fraction of sp³-hybridized carbons (Fsp3) is 0.375. The summed E-state index contributed by atoms with van der Waals surface area (Å²) in [4.78, 5) is 12.4. The van der Waals surface area contributed by atoms with E-state index in [2.05, 4.69) is 39.8 Å². The molecule has 0 saturated heterocycles. The highest BCUT2D eigenvalue weighted by Crippen LogP contribution is 2.21. The maximum atomic E-state index is 12.4. The normalized spacial score (nSPS) is 17.6. The van der Waals surface area contributed by atoms with Crippen molar-refractivity contribution in [3.63, 3.8) is 0 Å². The first-order valence-corrected chi connectivity index (χ1v) is 7.04. The van der Waals surface area contributed by atoms with E-state index < -0.39 is 0 Å². The Hall–Kier alpha value is -2.10. The average Bonchev–Trinajstić information content (AvgIpc) is 2.78. The minimum absolute atomic E-state index is 0.0156. The Morgan fingerprint density at radius 2 is 2.05 bits per heavy atom. The van der Waals surface area contributed by atoms with Crippen molar-refractivity contribution in [3.8, 4) is 0 Å². The van der Waals surface area contributed by atoms with E-state index >= 15 is 0 Å². The number of benzene rings is 1. The lowest BCUT2D eigenvalue weighted by Crippen LogP contribution is -2.39. The molecule has 0 saturated carbocycles. The van der Waals surface area contributed by atoms with Gasteiger partial charge in [0.25, 0.3) is 5.91 Å². The molecule has 1 heterocycles. The minimum atomic E-state index is -0.0156. The summed E-state index contributed by atoms with van der Waals surface area (Å²) in [6.07, 6.45) is 2.95. The van der Waals surface area contributed by atoms with Crippen LogP contribution in [0.5, 0.6) is 0 Å².